The number of hydrogen-bond acceptors (Lipinski definition) is 6. The summed E-state index contributed by atoms with van der Waals surface area (Å²) in [5.74, 6) is -0.00268. The summed E-state index contributed by atoms with van der Waals surface area (Å²) in [7, 11) is 0. The number of carbonyl (C=O) groups is 2. The van der Waals surface area contributed by atoms with E-state index in [0.717, 1.165) is 0 Å². The molecule has 0 bridgehead atoms. The molecule has 0 spiro atoms. The number of ether oxygens (including phenoxy) is 1. The fourth-order valence-corrected chi connectivity index (χ4v) is 1.31. The number of carbonyl (C=O) groups excluding carboxylic acids is 2. The molecule has 1 rings (SSSR count). The summed E-state index contributed by atoms with van der Waals surface area (Å²) < 4.78 is 4.75. The van der Waals surface area contributed by atoms with Crippen molar-refractivity contribution in [3.8, 4) is 0 Å². The molecule has 1 N–H and O–H groups in total. The van der Waals surface area contributed by atoms with Gasteiger partial charge in [-0.3, -0.25) is 9.59 Å². The standard InChI is InChI=1S/C10H12ClN3O3/c1-2-17-8(16)3-4-12-10-7(5-15)9(11)13-6-14-10/h5-6H,2-4H2,1H3,(H,12,13,14). The zero-order valence-electron chi connectivity index (χ0n) is 9.27. The topological polar surface area (TPSA) is 81.2 Å². The molecule has 0 unspecified atom stereocenters. The lowest BCUT2D eigenvalue weighted by molar-refractivity contribution is -0.142. The Morgan fingerprint density at radius 1 is 1.59 bits per heavy atom. The van der Waals surface area contributed by atoms with E-state index in [-0.39, 0.29) is 23.1 Å². The maximum absolute atomic E-state index is 11.1. The highest BCUT2D eigenvalue weighted by Crippen LogP contribution is 2.16. The van der Waals surface area contributed by atoms with E-state index in [2.05, 4.69) is 15.3 Å². The third-order valence-corrected chi connectivity index (χ3v) is 2.18. The van der Waals surface area contributed by atoms with Crippen LogP contribution in [0.3, 0.4) is 0 Å². The summed E-state index contributed by atoms with van der Waals surface area (Å²) in [6, 6.07) is 0. The molecule has 0 aliphatic rings. The summed E-state index contributed by atoms with van der Waals surface area (Å²) >= 11 is 5.71. The Labute approximate surface area is 103 Å². The number of nitrogens with one attached hydrogen (secondary N) is 1. The molecule has 0 aliphatic carbocycles. The molecule has 0 radical (unpaired) electrons. The molecule has 7 heteroatoms. The molecule has 0 saturated heterocycles. The fourth-order valence-electron chi connectivity index (χ4n) is 1.14. The van der Waals surface area contributed by atoms with Crippen LogP contribution in [0.5, 0.6) is 0 Å². The van der Waals surface area contributed by atoms with Gasteiger partial charge in [0.15, 0.2) is 6.29 Å². The van der Waals surface area contributed by atoms with Gasteiger partial charge >= 0.3 is 5.97 Å². The van der Waals surface area contributed by atoms with Crippen molar-refractivity contribution in [3.63, 3.8) is 0 Å². The largest absolute Gasteiger partial charge is 0.466 e. The Bertz CT molecular complexity index is 412. The Balaban J connectivity index is 2.55. The molecule has 92 valence electrons. The van der Waals surface area contributed by atoms with E-state index in [9.17, 15) is 9.59 Å². The van der Waals surface area contributed by atoms with Gasteiger partial charge in [0.2, 0.25) is 0 Å². The molecule has 0 amide bonds. The van der Waals surface area contributed by atoms with Crippen LogP contribution in [0.1, 0.15) is 23.7 Å². The lowest BCUT2D eigenvalue weighted by atomic mass is 10.3. The van der Waals surface area contributed by atoms with Gasteiger partial charge in [0, 0.05) is 6.54 Å². The van der Waals surface area contributed by atoms with Crippen molar-refractivity contribution in [1.29, 1.82) is 0 Å². The SMILES string of the molecule is CCOC(=O)CCNc1ncnc(Cl)c1C=O. The molecule has 0 aromatic carbocycles. The van der Waals surface area contributed by atoms with Crippen molar-refractivity contribution < 1.29 is 14.3 Å². The molecule has 1 aromatic heterocycles. The average Bonchev–Trinajstić information content (AvgIpc) is 2.29. The van der Waals surface area contributed by atoms with Gasteiger partial charge in [0.25, 0.3) is 0 Å². The predicted molar refractivity (Wildman–Crippen MR) is 62.2 cm³/mol. The average molecular weight is 258 g/mol. The van der Waals surface area contributed by atoms with Crippen LogP contribution in [0.4, 0.5) is 5.82 Å². The summed E-state index contributed by atoms with van der Waals surface area (Å²) in [5.41, 5.74) is 0.179. The van der Waals surface area contributed by atoms with Crippen LogP contribution in [0.25, 0.3) is 0 Å². The number of nitrogens with zero attached hydrogens (tertiary/aromatic N) is 2. The maximum Gasteiger partial charge on any atom is 0.307 e. The highest BCUT2D eigenvalue weighted by atomic mass is 35.5. The van der Waals surface area contributed by atoms with Crippen molar-refractivity contribution in [2.24, 2.45) is 0 Å². The predicted octanol–water partition coefficient (Wildman–Crippen LogP) is 1.31. The fraction of sp³-hybridized carbons (Fsp3) is 0.400. The van der Waals surface area contributed by atoms with Crippen LogP contribution in [-0.2, 0) is 9.53 Å². The summed E-state index contributed by atoms with van der Waals surface area (Å²) in [6.07, 6.45) is 1.99. The zero-order chi connectivity index (χ0) is 12.7. The Kier molecular flexibility index (Phi) is 5.35. The molecule has 17 heavy (non-hydrogen) atoms. The third kappa shape index (κ3) is 3.99. The molecule has 0 atom stereocenters. The molecule has 0 aliphatic heterocycles. The van der Waals surface area contributed by atoms with Crippen LogP contribution in [-0.4, -0.2) is 35.4 Å². The number of halogens is 1. The summed E-state index contributed by atoms with van der Waals surface area (Å²) in [4.78, 5) is 29.4. The van der Waals surface area contributed by atoms with Crippen molar-refractivity contribution in [1.82, 2.24) is 9.97 Å². The van der Waals surface area contributed by atoms with Gasteiger partial charge in [-0.1, -0.05) is 11.6 Å². The van der Waals surface area contributed by atoms with Gasteiger partial charge < -0.3 is 10.1 Å². The Hall–Kier alpha value is -1.69. The summed E-state index contributed by atoms with van der Waals surface area (Å²) in [5, 5.41) is 2.90. The molecule has 1 heterocycles. The van der Waals surface area contributed by atoms with Crippen molar-refractivity contribution >= 4 is 29.7 Å². The number of hydrogen-bond donors (Lipinski definition) is 1. The lowest BCUT2D eigenvalue weighted by Crippen LogP contribution is -2.13. The molecule has 0 saturated carbocycles. The number of aromatic nitrogens is 2. The van der Waals surface area contributed by atoms with E-state index in [1.54, 1.807) is 6.92 Å². The van der Waals surface area contributed by atoms with Crippen LogP contribution in [0.2, 0.25) is 5.15 Å². The minimum absolute atomic E-state index is 0.0774. The Morgan fingerprint density at radius 2 is 2.35 bits per heavy atom. The van der Waals surface area contributed by atoms with Gasteiger partial charge in [-0.05, 0) is 6.92 Å². The number of rotatable bonds is 6. The molecule has 0 fully saturated rings. The lowest BCUT2D eigenvalue weighted by Gasteiger charge is -2.07. The molecular formula is C10H12ClN3O3. The van der Waals surface area contributed by atoms with Gasteiger partial charge in [0.1, 0.15) is 17.3 Å². The minimum atomic E-state index is -0.312. The van der Waals surface area contributed by atoms with Crippen LogP contribution >= 0.6 is 11.6 Å². The zero-order valence-corrected chi connectivity index (χ0v) is 10.0. The Morgan fingerprint density at radius 3 is 3.00 bits per heavy atom. The van der Waals surface area contributed by atoms with E-state index >= 15 is 0 Å². The van der Waals surface area contributed by atoms with Gasteiger partial charge in [-0.25, -0.2) is 9.97 Å². The van der Waals surface area contributed by atoms with Crippen molar-refractivity contribution in [2.75, 3.05) is 18.5 Å². The minimum Gasteiger partial charge on any atom is -0.466 e. The van der Waals surface area contributed by atoms with Gasteiger partial charge in [0.05, 0.1) is 18.6 Å². The normalized spacial score (nSPS) is 9.76. The molecular weight excluding hydrogens is 246 g/mol. The molecule has 6 nitrogen and oxygen atoms in total. The van der Waals surface area contributed by atoms with Crippen molar-refractivity contribution in [2.45, 2.75) is 13.3 Å². The van der Waals surface area contributed by atoms with Crippen molar-refractivity contribution in [3.05, 3.63) is 17.0 Å². The second kappa shape index (κ2) is 6.80. The van der Waals surface area contributed by atoms with E-state index in [1.165, 1.54) is 6.33 Å². The first kappa shape index (κ1) is 13.4. The van der Waals surface area contributed by atoms with Crippen LogP contribution in [0.15, 0.2) is 6.33 Å². The smallest absolute Gasteiger partial charge is 0.307 e. The van der Waals surface area contributed by atoms with Gasteiger partial charge in [-0.2, -0.15) is 0 Å². The van der Waals surface area contributed by atoms with Gasteiger partial charge in [-0.15, -0.1) is 0 Å². The van der Waals surface area contributed by atoms with Crippen LogP contribution in [0, 0.1) is 0 Å². The monoisotopic (exact) mass is 257 g/mol. The second-order valence-corrected chi connectivity index (χ2v) is 3.38. The number of esters is 1. The number of anilines is 1. The van der Waals surface area contributed by atoms with Crippen LogP contribution < -0.4 is 5.32 Å². The van der Waals surface area contributed by atoms with E-state index < -0.39 is 0 Å². The van der Waals surface area contributed by atoms with E-state index in [1.807, 2.05) is 0 Å². The number of aldehydes is 1. The highest BCUT2D eigenvalue weighted by Gasteiger charge is 2.09. The van der Waals surface area contributed by atoms with E-state index in [0.29, 0.717) is 25.3 Å². The third-order valence-electron chi connectivity index (χ3n) is 1.88. The first-order valence-corrected chi connectivity index (χ1v) is 5.42. The van der Waals surface area contributed by atoms with E-state index in [4.69, 9.17) is 16.3 Å². The first-order chi connectivity index (χ1) is 8.19. The maximum atomic E-state index is 11.1. The first-order valence-electron chi connectivity index (χ1n) is 5.04. The highest BCUT2D eigenvalue weighted by molar-refractivity contribution is 6.32. The second-order valence-electron chi connectivity index (χ2n) is 3.03. The summed E-state index contributed by atoms with van der Waals surface area (Å²) in [6.45, 7) is 2.39. The quantitative estimate of drug-likeness (QED) is 0.470. The molecule has 1 aromatic rings.